The van der Waals surface area contributed by atoms with Gasteiger partial charge >= 0.3 is 0 Å². The molecule has 1 saturated carbocycles. The maximum absolute atomic E-state index is 11.0. The number of hydrogen-bond acceptors (Lipinski definition) is 3. The summed E-state index contributed by atoms with van der Waals surface area (Å²) in [6.45, 7) is 3.82. The number of hydrogen-bond donors (Lipinski definition) is 1. The molecule has 0 aromatic heterocycles. The molecule has 0 radical (unpaired) electrons. The summed E-state index contributed by atoms with van der Waals surface area (Å²) in [6.07, 6.45) is 6.54. The first-order valence-corrected chi connectivity index (χ1v) is 8.49. The Balaban J connectivity index is 1.78. The second-order valence-electron chi connectivity index (χ2n) is 6.12. The number of nitrogens with zero attached hydrogens (tertiary/aromatic N) is 1. The van der Waals surface area contributed by atoms with Gasteiger partial charge in [0.2, 0.25) is 0 Å². The largest absolute Gasteiger partial charge is 0.312 e. The van der Waals surface area contributed by atoms with Gasteiger partial charge < -0.3 is 5.32 Å². The van der Waals surface area contributed by atoms with Crippen LogP contribution in [0.2, 0.25) is 0 Å². The van der Waals surface area contributed by atoms with E-state index in [0.717, 1.165) is 28.4 Å². The average molecular weight is 355 g/mol. The van der Waals surface area contributed by atoms with Crippen molar-refractivity contribution >= 4 is 21.6 Å². The normalized spacial score (nSPS) is 22.2. The van der Waals surface area contributed by atoms with Crippen LogP contribution in [-0.2, 0) is 6.54 Å². The summed E-state index contributed by atoms with van der Waals surface area (Å²) < 4.78 is 0.881. The smallest absolute Gasteiger partial charge is 0.273 e. The van der Waals surface area contributed by atoms with Crippen molar-refractivity contribution < 1.29 is 4.92 Å². The van der Waals surface area contributed by atoms with Crippen LogP contribution in [0.1, 0.15) is 44.6 Å². The van der Waals surface area contributed by atoms with Crippen LogP contribution in [0.15, 0.2) is 22.7 Å². The van der Waals surface area contributed by atoms with E-state index >= 15 is 0 Å². The van der Waals surface area contributed by atoms with Gasteiger partial charge in [-0.05, 0) is 36.9 Å². The van der Waals surface area contributed by atoms with E-state index < -0.39 is 0 Å². The molecule has 0 saturated heterocycles. The molecule has 0 bridgehead atoms. The summed E-state index contributed by atoms with van der Waals surface area (Å²) >= 11 is 3.37. The molecule has 21 heavy (non-hydrogen) atoms. The lowest BCUT2D eigenvalue weighted by molar-refractivity contribution is -0.385. The zero-order chi connectivity index (χ0) is 15.2. The summed E-state index contributed by atoms with van der Waals surface area (Å²) in [4.78, 5) is 10.7. The van der Waals surface area contributed by atoms with E-state index in [2.05, 4.69) is 28.2 Å². The second kappa shape index (κ2) is 7.90. The Morgan fingerprint density at radius 3 is 2.71 bits per heavy atom. The fourth-order valence-electron chi connectivity index (χ4n) is 3.02. The minimum absolute atomic E-state index is 0.192. The molecule has 1 aromatic carbocycles. The summed E-state index contributed by atoms with van der Waals surface area (Å²) in [7, 11) is 0. The molecule has 2 rings (SSSR count). The number of nitro groups is 1. The van der Waals surface area contributed by atoms with Crippen molar-refractivity contribution in [1.29, 1.82) is 0 Å². The second-order valence-corrected chi connectivity index (χ2v) is 7.04. The zero-order valence-corrected chi connectivity index (χ0v) is 14.1. The van der Waals surface area contributed by atoms with E-state index in [0.29, 0.717) is 6.54 Å². The molecule has 1 N–H and O–H groups in total. The van der Waals surface area contributed by atoms with Crippen molar-refractivity contribution in [1.82, 2.24) is 5.32 Å². The van der Waals surface area contributed by atoms with Gasteiger partial charge in [0.1, 0.15) is 0 Å². The van der Waals surface area contributed by atoms with E-state index in [9.17, 15) is 10.1 Å². The van der Waals surface area contributed by atoms with Gasteiger partial charge in [0, 0.05) is 22.6 Å². The van der Waals surface area contributed by atoms with Crippen molar-refractivity contribution in [2.45, 2.75) is 45.6 Å². The van der Waals surface area contributed by atoms with Crippen LogP contribution < -0.4 is 5.32 Å². The number of halogens is 1. The first-order chi connectivity index (χ1) is 10.1. The highest BCUT2D eigenvalue weighted by Gasteiger charge is 2.18. The van der Waals surface area contributed by atoms with Crippen molar-refractivity contribution in [3.8, 4) is 0 Å². The van der Waals surface area contributed by atoms with E-state index in [4.69, 9.17) is 0 Å². The Bertz CT molecular complexity index is 485. The topological polar surface area (TPSA) is 55.2 Å². The van der Waals surface area contributed by atoms with Gasteiger partial charge in [-0.2, -0.15) is 0 Å². The Morgan fingerprint density at radius 1 is 1.33 bits per heavy atom. The van der Waals surface area contributed by atoms with Crippen LogP contribution in [-0.4, -0.2) is 11.5 Å². The monoisotopic (exact) mass is 354 g/mol. The molecule has 5 heteroatoms. The van der Waals surface area contributed by atoms with Gasteiger partial charge in [-0.25, -0.2) is 0 Å². The maximum atomic E-state index is 11.0. The minimum atomic E-state index is -0.314. The van der Waals surface area contributed by atoms with Gasteiger partial charge in [0.25, 0.3) is 5.69 Å². The first kappa shape index (κ1) is 16.4. The molecule has 0 aliphatic heterocycles. The van der Waals surface area contributed by atoms with E-state index in [1.807, 2.05) is 6.07 Å². The third-order valence-electron chi connectivity index (χ3n) is 4.42. The molecule has 1 fully saturated rings. The Morgan fingerprint density at radius 2 is 2.05 bits per heavy atom. The summed E-state index contributed by atoms with van der Waals surface area (Å²) in [6, 6.07) is 5.10. The minimum Gasteiger partial charge on any atom is -0.312 e. The van der Waals surface area contributed by atoms with Gasteiger partial charge in [-0.15, -0.1) is 0 Å². The zero-order valence-electron chi connectivity index (χ0n) is 12.5. The van der Waals surface area contributed by atoms with Gasteiger partial charge in [-0.1, -0.05) is 48.5 Å². The molecule has 0 spiro atoms. The molecule has 0 amide bonds. The molecule has 0 heterocycles. The van der Waals surface area contributed by atoms with Crippen LogP contribution in [0.3, 0.4) is 0 Å². The molecular weight excluding hydrogens is 332 g/mol. The lowest BCUT2D eigenvalue weighted by atomic mass is 9.81. The average Bonchev–Trinajstić information content (AvgIpc) is 2.45. The number of rotatable bonds is 6. The molecule has 1 aromatic rings. The van der Waals surface area contributed by atoms with Crippen molar-refractivity contribution in [3.05, 3.63) is 38.3 Å². The molecule has 116 valence electrons. The lowest BCUT2D eigenvalue weighted by Crippen LogP contribution is -2.21. The first-order valence-electron chi connectivity index (χ1n) is 7.70. The summed E-state index contributed by atoms with van der Waals surface area (Å²) in [5, 5.41) is 14.4. The third kappa shape index (κ3) is 5.08. The van der Waals surface area contributed by atoms with E-state index in [-0.39, 0.29) is 10.6 Å². The molecule has 0 atom stereocenters. The van der Waals surface area contributed by atoms with Gasteiger partial charge in [-0.3, -0.25) is 10.1 Å². The quantitative estimate of drug-likeness (QED) is 0.459. The van der Waals surface area contributed by atoms with Gasteiger partial charge in [0.15, 0.2) is 0 Å². The highest BCUT2D eigenvalue weighted by atomic mass is 79.9. The molecule has 1 aliphatic rings. The summed E-state index contributed by atoms with van der Waals surface area (Å²) in [5.41, 5.74) is 0.934. The SMILES string of the molecule is CC1CCC(CCNCc2cc(Br)ccc2[N+](=O)[O-])CC1. The van der Waals surface area contributed by atoms with Crippen LogP contribution in [0.5, 0.6) is 0 Å². The summed E-state index contributed by atoms with van der Waals surface area (Å²) in [5.74, 6) is 1.71. The predicted molar refractivity (Wildman–Crippen MR) is 88.2 cm³/mol. The fourth-order valence-corrected chi connectivity index (χ4v) is 3.43. The fraction of sp³-hybridized carbons (Fsp3) is 0.625. The molecular formula is C16H23BrN2O2. The van der Waals surface area contributed by atoms with Crippen molar-refractivity contribution in [3.63, 3.8) is 0 Å². The molecule has 1 aliphatic carbocycles. The molecule has 4 nitrogen and oxygen atoms in total. The van der Waals surface area contributed by atoms with Crippen molar-refractivity contribution in [2.75, 3.05) is 6.54 Å². The van der Waals surface area contributed by atoms with Crippen LogP contribution in [0.25, 0.3) is 0 Å². The van der Waals surface area contributed by atoms with Crippen LogP contribution in [0.4, 0.5) is 5.69 Å². The maximum Gasteiger partial charge on any atom is 0.273 e. The Labute approximate surface area is 134 Å². The Kier molecular flexibility index (Phi) is 6.18. The molecule has 0 unspecified atom stereocenters. The number of nitrogens with one attached hydrogen (secondary N) is 1. The van der Waals surface area contributed by atoms with Crippen molar-refractivity contribution in [2.24, 2.45) is 11.8 Å². The third-order valence-corrected chi connectivity index (χ3v) is 4.91. The standard InChI is InChI=1S/C16H23BrN2O2/c1-12-2-4-13(5-3-12)8-9-18-11-14-10-15(17)6-7-16(14)19(20)21/h6-7,10,12-13,18H,2-5,8-9,11H2,1H3. The number of benzene rings is 1. The van der Waals surface area contributed by atoms with E-state index in [1.54, 1.807) is 12.1 Å². The predicted octanol–water partition coefficient (Wildman–Crippen LogP) is 4.66. The number of nitro benzene ring substituents is 1. The van der Waals surface area contributed by atoms with Crippen LogP contribution in [0, 0.1) is 22.0 Å². The Hall–Kier alpha value is -0.940. The lowest BCUT2D eigenvalue weighted by Gasteiger charge is -2.26. The highest BCUT2D eigenvalue weighted by Crippen LogP contribution is 2.30. The highest BCUT2D eigenvalue weighted by molar-refractivity contribution is 9.10. The van der Waals surface area contributed by atoms with Crippen LogP contribution >= 0.6 is 15.9 Å². The van der Waals surface area contributed by atoms with E-state index in [1.165, 1.54) is 32.1 Å². The van der Waals surface area contributed by atoms with Gasteiger partial charge in [0.05, 0.1) is 4.92 Å².